The number of furan rings is 1. The molecule has 0 fully saturated rings. The number of hydrogen-bond acceptors (Lipinski definition) is 4. The molecule has 2 heterocycles. The van der Waals surface area contributed by atoms with Gasteiger partial charge in [0.05, 0.1) is 18.8 Å². The highest BCUT2D eigenvalue weighted by Gasteiger charge is 2.28. The SMILES string of the molecule is CN(C)Cc1cc2c(o1)CN(S(=O)(=O)CCCCCc1ccccc1)CC2. The quantitative estimate of drug-likeness (QED) is 0.616. The molecule has 0 N–H and O–H groups in total. The summed E-state index contributed by atoms with van der Waals surface area (Å²) in [5.74, 6) is 1.94. The van der Waals surface area contributed by atoms with Crippen molar-refractivity contribution in [1.29, 1.82) is 0 Å². The summed E-state index contributed by atoms with van der Waals surface area (Å²) in [5.41, 5.74) is 2.47. The van der Waals surface area contributed by atoms with Crippen LogP contribution >= 0.6 is 0 Å². The van der Waals surface area contributed by atoms with Crippen LogP contribution in [-0.2, 0) is 36.0 Å². The van der Waals surface area contributed by atoms with Crippen molar-refractivity contribution in [2.75, 3.05) is 26.4 Å². The van der Waals surface area contributed by atoms with E-state index in [-0.39, 0.29) is 5.75 Å². The second kappa shape index (κ2) is 9.04. The standard InChI is InChI=1S/C21H30N2O3S/c1-22(2)16-20-15-19-12-13-23(17-21(19)26-20)27(24,25)14-8-4-7-11-18-9-5-3-6-10-18/h3,5-6,9-10,15H,4,7-8,11-14,16-17H2,1-2H3. The highest BCUT2D eigenvalue weighted by atomic mass is 32.2. The highest BCUT2D eigenvalue weighted by Crippen LogP contribution is 2.25. The molecule has 0 spiro atoms. The predicted octanol–water partition coefficient (Wildman–Crippen LogP) is 3.44. The van der Waals surface area contributed by atoms with Crippen LogP contribution in [0, 0.1) is 0 Å². The second-order valence-corrected chi connectivity index (χ2v) is 9.68. The molecule has 1 aliphatic rings. The third-order valence-corrected chi connectivity index (χ3v) is 6.88. The Morgan fingerprint density at radius 3 is 2.63 bits per heavy atom. The Labute approximate surface area is 163 Å². The van der Waals surface area contributed by atoms with E-state index in [4.69, 9.17) is 4.42 Å². The molecule has 1 aromatic heterocycles. The average Bonchev–Trinajstić information content (AvgIpc) is 3.02. The third kappa shape index (κ3) is 5.67. The molecule has 0 atom stereocenters. The summed E-state index contributed by atoms with van der Waals surface area (Å²) in [6.07, 6.45) is 4.41. The van der Waals surface area contributed by atoms with E-state index in [1.807, 2.05) is 37.2 Å². The van der Waals surface area contributed by atoms with Gasteiger partial charge in [0.25, 0.3) is 0 Å². The smallest absolute Gasteiger partial charge is 0.214 e. The van der Waals surface area contributed by atoms with Gasteiger partial charge in [-0.05, 0) is 57.0 Å². The average molecular weight is 391 g/mol. The minimum absolute atomic E-state index is 0.225. The Morgan fingerprint density at radius 2 is 1.89 bits per heavy atom. The van der Waals surface area contributed by atoms with Crippen molar-refractivity contribution in [1.82, 2.24) is 9.21 Å². The van der Waals surface area contributed by atoms with Crippen molar-refractivity contribution in [3.63, 3.8) is 0 Å². The fraction of sp³-hybridized carbons (Fsp3) is 0.524. The topological polar surface area (TPSA) is 53.8 Å². The molecule has 1 aromatic carbocycles. The normalized spacial score (nSPS) is 15.2. The van der Waals surface area contributed by atoms with Crippen molar-refractivity contribution < 1.29 is 12.8 Å². The molecule has 0 amide bonds. The Balaban J connectivity index is 1.46. The minimum Gasteiger partial charge on any atom is -0.463 e. The maximum absolute atomic E-state index is 12.7. The van der Waals surface area contributed by atoms with Gasteiger partial charge in [-0.2, -0.15) is 4.31 Å². The highest BCUT2D eigenvalue weighted by molar-refractivity contribution is 7.89. The molecule has 0 radical (unpaired) electrons. The number of nitrogens with zero attached hydrogens (tertiary/aromatic N) is 2. The van der Waals surface area contributed by atoms with Crippen LogP contribution in [0.5, 0.6) is 0 Å². The first-order valence-electron chi connectivity index (χ1n) is 9.71. The molecule has 0 saturated heterocycles. The van der Waals surface area contributed by atoms with E-state index in [1.165, 1.54) is 5.56 Å². The molecule has 0 aliphatic carbocycles. The van der Waals surface area contributed by atoms with Gasteiger partial charge in [-0.3, -0.25) is 0 Å². The first-order valence-corrected chi connectivity index (χ1v) is 11.3. The van der Waals surface area contributed by atoms with Gasteiger partial charge in [-0.1, -0.05) is 36.8 Å². The second-order valence-electron chi connectivity index (χ2n) is 7.59. The van der Waals surface area contributed by atoms with Gasteiger partial charge in [0, 0.05) is 6.54 Å². The molecular weight excluding hydrogens is 360 g/mol. The third-order valence-electron chi connectivity index (χ3n) is 4.97. The fourth-order valence-corrected chi connectivity index (χ4v) is 5.06. The van der Waals surface area contributed by atoms with Gasteiger partial charge >= 0.3 is 0 Å². The van der Waals surface area contributed by atoms with Crippen molar-refractivity contribution in [3.05, 3.63) is 59.0 Å². The maximum Gasteiger partial charge on any atom is 0.214 e. The van der Waals surface area contributed by atoms with E-state index >= 15 is 0 Å². The zero-order valence-electron chi connectivity index (χ0n) is 16.4. The lowest BCUT2D eigenvalue weighted by atomic mass is 10.1. The molecule has 2 aromatic rings. The molecule has 0 unspecified atom stereocenters. The number of rotatable bonds is 9. The molecule has 148 valence electrons. The van der Waals surface area contributed by atoms with E-state index in [2.05, 4.69) is 18.2 Å². The first-order chi connectivity index (χ1) is 12.9. The van der Waals surface area contributed by atoms with Gasteiger partial charge in [0.2, 0.25) is 10.0 Å². The summed E-state index contributed by atoms with van der Waals surface area (Å²) < 4.78 is 32.9. The maximum atomic E-state index is 12.7. The van der Waals surface area contributed by atoms with Crippen LogP contribution in [0.2, 0.25) is 0 Å². The summed E-state index contributed by atoms with van der Waals surface area (Å²) in [6.45, 7) is 1.66. The Hall–Kier alpha value is -1.63. The first kappa shape index (κ1) is 20.1. The predicted molar refractivity (Wildman–Crippen MR) is 108 cm³/mol. The summed E-state index contributed by atoms with van der Waals surface area (Å²) >= 11 is 0. The minimum atomic E-state index is -3.22. The summed E-state index contributed by atoms with van der Waals surface area (Å²) in [4.78, 5) is 2.05. The van der Waals surface area contributed by atoms with Crippen LogP contribution in [0.1, 0.15) is 41.9 Å². The summed E-state index contributed by atoms with van der Waals surface area (Å²) in [5, 5.41) is 0. The molecular formula is C21H30N2O3S. The van der Waals surface area contributed by atoms with Crippen molar-refractivity contribution in [2.45, 2.75) is 45.2 Å². The molecule has 5 nitrogen and oxygen atoms in total. The van der Waals surface area contributed by atoms with Crippen LogP contribution in [0.4, 0.5) is 0 Å². The number of hydrogen-bond donors (Lipinski definition) is 0. The monoisotopic (exact) mass is 390 g/mol. The Kier molecular flexibility index (Phi) is 6.73. The van der Waals surface area contributed by atoms with Gasteiger partial charge in [0.1, 0.15) is 11.5 Å². The van der Waals surface area contributed by atoms with Gasteiger partial charge in [-0.15, -0.1) is 0 Å². The molecule has 1 aliphatic heterocycles. The van der Waals surface area contributed by atoms with Crippen LogP contribution in [0.15, 0.2) is 40.8 Å². The summed E-state index contributed by atoms with van der Waals surface area (Å²) in [7, 11) is 0.770. The van der Waals surface area contributed by atoms with Crippen LogP contribution in [0.3, 0.4) is 0 Å². The number of sulfonamides is 1. The lowest BCUT2D eigenvalue weighted by molar-refractivity contribution is 0.309. The molecule has 0 saturated carbocycles. The lowest BCUT2D eigenvalue weighted by Gasteiger charge is -2.25. The van der Waals surface area contributed by atoms with E-state index < -0.39 is 10.0 Å². The number of unbranched alkanes of at least 4 members (excludes halogenated alkanes) is 2. The van der Waals surface area contributed by atoms with E-state index in [0.29, 0.717) is 19.5 Å². The zero-order valence-corrected chi connectivity index (χ0v) is 17.2. The molecule has 0 bridgehead atoms. The van der Waals surface area contributed by atoms with Crippen LogP contribution < -0.4 is 0 Å². The Bertz CT molecular complexity index is 828. The molecule has 6 heteroatoms. The zero-order chi connectivity index (χ0) is 19.3. The van der Waals surface area contributed by atoms with E-state index in [9.17, 15) is 8.42 Å². The number of fused-ring (bicyclic) bond motifs is 1. The number of aryl methyl sites for hydroxylation is 1. The molecule has 27 heavy (non-hydrogen) atoms. The van der Waals surface area contributed by atoms with Gasteiger partial charge in [-0.25, -0.2) is 8.42 Å². The van der Waals surface area contributed by atoms with Crippen LogP contribution in [-0.4, -0.2) is 44.0 Å². The van der Waals surface area contributed by atoms with Crippen molar-refractivity contribution in [3.8, 4) is 0 Å². The fourth-order valence-electron chi connectivity index (χ4n) is 3.55. The summed E-state index contributed by atoms with van der Waals surface area (Å²) in [6, 6.07) is 12.4. The van der Waals surface area contributed by atoms with Gasteiger partial charge < -0.3 is 9.32 Å². The number of benzene rings is 1. The van der Waals surface area contributed by atoms with Crippen molar-refractivity contribution >= 4 is 10.0 Å². The molecule has 3 rings (SSSR count). The Morgan fingerprint density at radius 1 is 1.11 bits per heavy atom. The van der Waals surface area contributed by atoms with E-state index in [1.54, 1.807) is 4.31 Å². The lowest BCUT2D eigenvalue weighted by Crippen LogP contribution is -2.37. The van der Waals surface area contributed by atoms with E-state index in [0.717, 1.165) is 49.3 Å². The largest absolute Gasteiger partial charge is 0.463 e. The van der Waals surface area contributed by atoms with Gasteiger partial charge in [0.15, 0.2) is 0 Å². The van der Waals surface area contributed by atoms with Crippen molar-refractivity contribution in [2.24, 2.45) is 0 Å². The van der Waals surface area contributed by atoms with Crippen LogP contribution in [0.25, 0.3) is 0 Å².